The van der Waals surface area contributed by atoms with E-state index in [1.54, 1.807) is 11.3 Å². The summed E-state index contributed by atoms with van der Waals surface area (Å²) in [5.74, 6) is 0.148. The first kappa shape index (κ1) is 10.6. The number of aliphatic hydroxyl groups is 1. The van der Waals surface area contributed by atoms with Crippen LogP contribution in [0.5, 0.6) is 0 Å². The van der Waals surface area contributed by atoms with Crippen molar-refractivity contribution in [2.24, 2.45) is 0 Å². The Kier molecular flexibility index (Phi) is 2.98. The van der Waals surface area contributed by atoms with Gasteiger partial charge in [-0.05, 0) is 35.3 Å². The van der Waals surface area contributed by atoms with Crippen molar-refractivity contribution in [1.29, 1.82) is 0 Å². The van der Waals surface area contributed by atoms with Gasteiger partial charge in [-0.15, -0.1) is 11.3 Å². The Bertz CT molecular complexity index is 348. The van der Waals surface area contributed by atoms with Crippen LogP contribution in [0.25, 0.3) is 0 Å². The maximum atomic E-state index is 9.76. The Hall–Kier alpha value is 0.100. The quantitative estimate of drug-likeness (QED) is 0.855. The van der Waals surface area contributed by atoms with Gasteiger partial charge in [0.25, 0.3) is 0 Å². The summed E-state index contributed by atoms with van der Waals surface area (Å²) in [5.41, 5.74) is 1.23. The molecule has 1 aromatic heterocycles. The summed E-state index contributed by atoms with van der Waals surface area (Å²) in [6.07, 6.45) is -0.348. The molecule has 1 aromatic rings. The van der Waals surface area contributed by atoms with E-state index in [4.69, 9.17) is 4.74 Å². The van der Waals surface area contributed by atoms with Crippen LogP contribution < -0.4 is 0 Å². The summed E-state index contributed by atoms with van der Waals surface area (Å²) < 4.78 is 6.42. The summed E-state index contributed by atoms with van der Waals surface area (Å²) in [7, 11) is 0. The van der Waals surface area contributed by atoms with Gasteiger partial charge in [0.2, 0.25) is 0 Å². The zero-order valence-electron chi connectivity index (χ0n) is 8.21. The molecule has 0 amide bonds. The number of hydrogen-bond donors (Lipinski definition) is 1. The summed E-state index contributed by atoms with van der Waals surface area (Å²) >= 11 is 5.35. The minimum Gasteiger partial charge on any atom is -0.390 e. The highest BCUT2D eigenvalue weighted by atomic mass is 79.9. The van der Waals surface area contributed by atoms with E-state index < -0.39 is 0 Å². The largest absolute Gasteiger partial charge is 0.390 e. The maximum Gasteiger partial charge on any atom is 0.0864 e. The topological polar surface area (TPSA) is 29.5 Å². The number of halogens is 1. The molecule has 1 fully saturated rings. The van der Waals surface area contributed by atoms with Crippen LogP contribution in [-0.4, -0.2) is 24.4 Å². The van der Waals surface area contributed by atoms with Gasteiger partial charge in [-0.1, -0.05) is 0 Å². The first-order valence-electron chi connectivity index (χ1n) is 4.62. The lowest BCUT2D eigenvalue weighted by molar-refractivity contribution is 0.124. The summed E-state index contributed by atoms with van der Waals surface area (Å²) in [5, 5.41) is 9.76. The number of aliphatic hydroxyl groups excluding tert-OH is 1. The summed E-state index contributed by atoms with van der Waals surface area (Å²) in [6, 6.07) is 0. The second-order valence-corrected chi connectivity index (χ2v) is 5.88. The lowest BCUT2D eigenvalue weighted by atomic mass is 9.97. The van der Waals surface area contributed by atoms with Gasteiger partial charge in [0.15, 0.2) is 0 Å². The summed E-state index contributed by atoms with van der Waals surface area (Å²) in [4.78, 5) is 2.56. The van der Waals surface area contributed by atoms with Gasteiger partial charge in [-0.25, -0.2) is 0 Å². The van der Waals surface area contributed by atoms with Crippen molar-refractivity contribution in [3.05, 3.63) is 19.8 Å². The SMILES string of the molecule is Cc1sc(C)c(C2COCC2O)c1Br. The van der Waals surface area contributed by atoms with Crippen LogP contribution in [0.1, 0.15) is 21.2 Å². The predicted molar refractivity (Wildman–Crippen MR) is 61.1 cm³/mol. The Morgan fingerprint density at radius 3 is 2.50 bits per heavy atom. The van der Waals surface area contributed by atoms with Gasteiger partial charge in [-0.3, -0.25) is 0 Å². The van der Waals surface area contributed by atoms with Crippen LogP contribution in [0.3, 0.4) is 0 Å². The van der Waals surface area contributed by atoms with Gasteiger partial charge in [0, 0.05) is 20.1 Å². The predicted octanol–water partition coefficient (Wildman–Crippen LogP) is 2.60. The van der Waals surface area contributed by atoms with Crippen molar-refractivity contribution in [3.8, 4) is 0 Å². The number of aryl methyl sites for hydroxylation is 2. The molecule has 0 bridgehead atoms. The molecule has 14 heavy (non-hydrogen) atoms. The smallest absolute Gasteiger partial charge is 0.0864 e. The molecule has 0 aliphatic carbocycles. The van der Waals surface area contributed by atoms with Crippen LogP contribution in [0, 0.1) is 13.8 Å². The fourth-order valence-electron chi connectivity index (χ4n) is 1.92. The van der Waals surface area contributed by atoms with Gasteiger partial charge in [0.1, 0.15) is 0 Å². The average molecular weight is 277 g/mol. The van der Waals surface area contributed by atoms with E-state index in [0.717, 1.165) is 4.47 Å². The molecule has 2 rings (SSSR count). The van der Waals surface area contributed by atoms with Crippen LogP contribution in [0.2, 0.25) is 0 Å². The molecule has 0 radical (unpaired) electrons. The lowest BCUT2D eigenvalue weighted by Crippen LogP contribution is -2.16. The standard InChI is InChI=1S/C10H13BrO2S/c1-5-9(10(11)6(2)14-5)7-3-13-4-8(7)12/h7-8,12H,3-4H2,1-2H3. The zero-order valence-corrected chi connectivity index (χ0v) is 10.6. The van der Waals surface area contributed by atoms with E-state index >= 15 is 0 Å². The van der Waals surface area contributed by atoms with Gasteiger partial charge in [0.05, 0.1) is 19.3 Å². The fourth-order valence-corrected chi connectivity index (χ4v) is 3.90. The van der Waals surface area contributed by atoms with Crippen LogP contribution in [0.4, 0.5) is 0 Å². The number of ether oxygens (including phenoxy) is 1. The highest BCUT2D eigenvalue weighted by Crippen LogP contribution is 2.40. The Morgan fingerprint density at radius 2 is 2.07 bits per heavy atom. The van der Waals surface area contributed by atoms with Crippen molar-refractivity contribution in [2.75, 3.05) is 13.2 Å². The highest BCUT2D eigenvalue weighted by Gasteiger charge is 2.31. The van der Waals surface area contributed by atoms with E-state index in [1.807, 2.05) is 0 Å². The third kappa shape index (κ3) is 1.65. The molecule has 1 aliphatic rings. The maximum absolute atomic E-state index is 9.76. The van der Waals surface area contributed by atoms with Crippen molar-refractivity contribution in [2.45, 2.75) is 25.9 Å². The summed E-state index contributed by atoms with van der Waals surface area (Å²) in [6.45, 7) is 5.29. The monoisotopic (exact) mass is 276 g/mol. The average Bonchev–Trinajstić information content (AvgIpc) is 2.60. The molecule has 2 heterocycles. The molecule has 1 saturated heterocycles. The Labute approximate surface area is 96.0 Å². The van der Waals surface area contributed by atoms with Gasteiger partial charge < -0.3 is 9.84 Å². The van der Waals surface area contributed by atoms with Crippen molar-refractivity contribution < 1.29 is 9.84 Å². The molecule has 2 nitrogen and oxygen atoms in total. The van der Waals surface area contributed by atoms with Crippen molar-refractivity contribution >= 4 is 27.3 Å². The van der Waals surface area contributed by atoms with Gasteiger partial charge >= 0.3 is 0 Å². The van der Waals surface area contributed by atoms with Crippen molar-refractivity contribution in [3.63, 3.8) is 0 Å². The van der Waals surface area contributed by atoms with E-state index in [2.05, 4.69) is 29.8 Å². The molecular weight excluding hydrogens is 264 g/mol. The molecule has 0 aromatic carbocycles. The van der Waals surface area contributed by atoms with E-state index in [1.165, 1.54) is 15.3 Å². The van der Waals surface area contributed by atoms with E-state index in [0.29, 0.717) is 13.2 Å². The number of rotatable bonds is 1. The van der Waals surface area contributed by atoms with Crippen LogP contribution >= 0.6 is 27.3 Å². The molecule has 2 atom stereocenters. The molecular formula is C10H13BrO2S. The van der Waals surface area contributed by atoms with Gasteiger partial charge in [-0.2, -0.15) is 0 Å². The molecule has 4 heteroatoms. The number of thiophene rings is 1. The molecule has 78 valence electrons. The first-order valence-corrected chi connectivity index (χ1v) is 6.23. The third-order valence-corrected chi connectivity index (χ3v) is 4.97. The molecule has 1 N–H and O–H groups in total. The fraction of sp³-hybridized carbons (Fsp3) is 0.600. The minimum atomic E-state index is -0.348. The minimum absolute atomic E-state index is 0.148. The Balaban J connectivity index is 2.39. The van der Waals surface area contributed by atoms with Crippen LogP contribution in [-0.2, 0) is 4.74 Å². The first-order chi connectivity index (χ1) is 6.61. The normalized spacial score (nSPS) is 27.1. The molecule has 2 unspecified atom stereocenters. The second kappa shape index (κ2) is 3.93. The second-order valence-electron chi connectivity index (χ2n) is 3.65. The third-order valence-electron chi connectivity index (χ3n) is 2.65. The lowest BCUT2D eigenvalue weighted by Gasteiger charge is -2.13. The van der Waals surface area contributed by atoms with Crippen LogP contribution in [0.15, 0.2) is 4.47 Å². The molecule has 1 aliphatic heterocycles. The van der Waals surface area contributed by atoms with E-state index in [-0.39, 0.29) is 12.0 Å². The number of hydrogen-bond acceptors (Lipinski definition) is 3. The molecule has 0 spiro atoms. The van der Waals surface area contributed by atoms with Crippen molar-refractivity contribution in [1.82, 2.24) is 0 Å². The Morgan fingerprint density at radius 1 is 1.36 bits per heavy atom. The zero-order chi connectivity index (χ0) is 10.3. The highest BCUT2D eigenvalue weighted by molar-refractivity contribution is 9.10. The molecule has 0 saturated carbocycles. The van der Waals surface area contributed by atoms with E-state index in [9.17, 15) is 5.11 Å².